The van der Waals surface area contributed by atoms with Crippen LogP contribution >= 0.6 is 0 Å². The van der Waals surface area contributed by atoms with Crippen LogP contribution in [0.4, 0.5) is 5.69 Å². The third-order valence-corrected chi connectivity index (χ3v) is 7.97. The smallest absolute Gasteiger partial charge is 0.335 e. The van der Waals surface area contributed by atoms with Crippen LogP contribution < -0.4 is 9.64 Å². The Morgan fingerprint density at radius 3 is 2.20 bits per heavy atom. The van der Waals surface area contributed by atoms with Crippen molar-refractivity contribution in [2.45, 2.75) is 19.9 Å². The van der Waals surface area contributed by atoms with Crippen molar-refractivity contribution in [3.05, 3.63) is 82.9 Å². The van der Waals surface area contributed by atoms with E-state index in [4.69, 9.17) is 9.47 Å². The summed E-state index contributed by atoms with van der Waals surface area (Å²) in [6.07, 6.45) is 0. The van der Waals surface area contributed by atoms with E-state index in [0.717, 1.165) is 40.9 Å². The van der Waals surface area contributed by atoms with Gasteiger partial charge in [-0.25, -0.2) is 4.79 Å². The monoisotopic (exact) mass is 557 g/mol. The number of morpholine rings is 1. The number of aromatic carboxylic acids is 1. The molecule has 9 nitrogen and oxygen atoms in total. The highest BCUT2D eigenvalue weighted by atomic mass is 16.5. The molecule has 1 unspecified atom stereocenters. The van der Waals surface area contributed by atoms with Crippen molar-refractivity contribution in [1.82, 2.24) is 9.80 Å². The first-order valence-corrected chi connectivity index (χ1v) is 13.7. The minimum Gasteiger partial charge on any atom is -0.482 e. The highest BCUT2D eigenvalue weighted by Gasteiger charge is 2.31. The summed E-state index contributed by atoms with van der Waals surface area (Å²) in [6.45, 7) is 7.27. The molecule has 9 heteroatoms. The largest absolute Gasteiger partial charge is 0.482 e. The molecule has 2 aliphatic rings. The van der Waals surface area contributed by atoms with Crippen LogP contribution in [0.2, 0.25) is 0 Å². The quantitative estimate of drug-likeness (QED) is 0.448. The van der Waals surface area contributed by atoms with Gasteiger partial charge >= 0.3 is 5.97 Å². The highest BCUT2D eigenvalue weighted by molar-refractivity contribution is 6.02. The zero-order valence-electron chi connectivity index (χ0n) is 23.6. The number of rotatable bonds is 8. The van der Waals surface area contributed by atoms with Crippen molar-refractivity contribution in [3.63, 3.8) is 0 Å². The Hall–Kier alpha value is -4.21. The number of carbonyl (C=O) groups is 3. The molecule has 0 saturated carbocycles. The first kappa shape index (κ1) is 28.3. The topological polar surface area (TPSA) is 99.6 Å². The van der Waals surface area contributed by atoms with E-state index in [1.807, 2.05) is 50.2 Å². The predicted molar refractivity (Wildman–Crippen MR) is 155 cm³/mol. The van der Waals surface area contributed by atoms with Crippen LogP contribution in [0.5, 0.6) is 5.75 Å². The van der Waals surface area contributed by atoms with Crippen molar-refractivity contribution in [3.8, 4) is 16.9 Å². The standard InChI is InChI=1S/C32H35N3O6/c1-21-16-27-29(17-22(21)2)41-20-31(37)35(27)19-30(36)33(3)28(18-34-12-14-40-15-13-34)25-8-4-23(5-9-25)24-6-10-26(11-7-24)32(38)39/h4-11,16-17,28H,12-15,18-20H2,1-3H3,(H,38,39). The molecule has 0 spiro atoms. The molecule has 1 fully saturated rings. The highest BCUT2D eigenvalue weighted by Crippen LogP contribution is 2.35. The number of carbonyl (C=O) groups excluding carboxylic acids is 2. The molecule has 1 saturated heterocycles. The Bertz CT molecular complexity index is 1430. The zero-order chi connectivity index (χ0) is 29.1. The number of hydrogen-bond acceptors (Lipinski definition) is 6. The lowest BCUT2D eigenvalue weighted by Gasteiger charge is -2.37. The van der Waals surface area contributed by atoms with Crippen LogP contribution in [0, 0.1) is 13.8 Å². The maximum absolute atomic E-state index is 13.8. The van der Waals surface area contributed by atoms with Gasteiger partial charge in [-0.3, -0.25) is 19.4 Å². The molecule has 2 amide bonds. The van der Waals surface area contributed by atoms with Crippen LogP contribution in [0.25, 0.3) is 11.1 Å². The first-order chi connectivity index (χ1) is 19.7. The number of ether oxygens (including phenoxy) is 2. The second-order valence-electron chi connectivity index (χ2n) is 10.6. The van der Waals surface area contributed by atoms with Crippen molar-refractivity contribution < 1.29 is 29.0 Å². The summed E-state index contributed by atoms with van der Waals surface area (Å²) in [6, 6.07) is 18.3. The van der Waals surface area contributed by atoms with Gasteiger partial charge in [0.05, 0.1) is 30.5 Å². The normalized spacial score (nSPS) is 16.1. The van der Waals surface area contributed by atoms with E-state index in [9.17, 15) is 19.5 Å². The number of carboxylic acids is 1. The minimum absolute atomic E-state index is 0.0815. The van der Waals surface area contributed by atoms with E-state index < -0.39 is 5.97 Å². The molecule has 2 aliphatic heterocycles. The predicted octanol–water partition coefficient (Wildman–Crippen LogP) is 3.93. The molecule has 214 valence electrons. The van der Waals surface area contributed by atoms with Crippen molar-refractivity contribution >= 4 is 23.5 Å². The summed E-state index contributed by atoms with van der Waals surface area (Å²) in [4.78, 5) is 43.4. The second kappa shape index (κ2) is 12.1. The third kappa shape index (κ3) is 6.26. The Morgan fingerprint density at radius 1 is 0.951 bits per heavy atom. The molecule has 1 N–H and O–H groups in total. The third-order valence-electron chi connectivity index (χ3n) is 7.97. The maximum Gasteiger partial charge on any atom is 0.335 e. The number of aryl methyl sites for hydroxylation is 2. The molecule has 0 aliphatic carbocycles. The van der Waals surface area contributed by atoms with Gasteiger partial charge in [-0.1, -0.05) is 36.4 Å². The summed E-state index contributed by atoms with van der Waals surface area (Å²) in [5, 5.41) is 9.19. The van der Waals surface area contributed by atoms with E-state index in [-0.39, 0.29) is 36.6 Å². The molecule has 0 radical (unpaired) electrons. The first-order valence-electron chi connectivity index (χ1n) is 13.7. The summed E-state index contributed by atoms with van der Waals surface area (Å²) in [7, 11) is 1.79. The van der Waals surface area contributed by atoms with Gasteiger partial charge in [0.1, 0.15) is 12.3 Å². The lowest BCUT2D eigenvalue weighted by Crippen LogP contribution is -2.48. The van der Waals surface area contributed by atoms with E-state index >= 15 is 0 Å². The Kier molecular flexibility index (Phi) is 8.37. The Balaban J connectivity index is 1.39. The number of likely N-dealkylation sites (N-methyl/N-ethyl adjacent to an activating group) is 1. The van der Waals surface area contributed by atoms with Crippen molar-refractivity contribution in [1.29, 1.82) is 0 Å². The van der Waals surface area contributed by atoms with Gasteiger partial charge in [0.15, 0.2) is 6.61 Å². The van der Waals surface area contributed by atoms with Gasteiger partial charge in [-0.2, -0.15) is 0 Å². The van der Waals surface area contributed by atoms with Crippen LogP contribution in [-0.4, -0.2) is 85.7 Å². The van der Waals surface area contributed by atoms with Gasteiger partial charge in [0.25, 0.3) is 5.91 Å². The number of fused-ring (bicyclic) bond motifs is 1. The van der Waals surface area contributed by atoms with Crippen LogP contribution in [0.1, 0.15) is 33.1 Å². The van der Waals surface area contributed by atoms with Crippen molar-refractivity contribution in [2.75, 3.05) is 57.9 Å². The summed E-state index contributed by atoms with van der Waals surface area (Å²) in [5.41, 5.74) is 5.77. The number of anilines is 1. The SMILES string of the molecule is Cc1cc2c(cc1C)N(CC(=O)N(C)C(CN1CCOCC1)c1ccc(-c3ccc(C(=O)O)cc3)cc1)C(=O)CO2. The molecule has 0 bridgehead atoms. The van der Waals surface area contributed by atoms with Gasteiger partial charge in [-0.15, -0.1) is 0 Å². The van der Waals surface area contributed by atoms with Crippen molar-refractivity contribution in [2.24, 2.45) is 0 Å². The fourth-order valence-electron chi connectivity index (χ4n) is 5.23. The Labute approximate surface area is 239 Å². The number of carboxylic acid groups (broad SMARTS) is 1. The van der Waals surface area contributed by atoms with E-state index in [1.54, 1.807) is 36.2 Å². The Morgan fingerprint density at radius 2 is 1.56 bits per heavy atom. The number of benzene rings is 3. The average molecular weight is 558 g/mol. The number of nitrogens with zero attached hydrogens (tertiary/aromatic N) is 3. The molecular formula is C32H35N3O6. The van der Waals surface area contributed by atoms with E-state index in [2.05, 4.69) is 4.90 Å². The molecule has 1 atom stereocenters. The fourth-order valence-corrected chi connectivity index (χ4v) is 5.23. The zero-order valence-corrected chi connectivity index (χ0v) is 23.6. The molecule has 2 heterocycles. The van der Waals surface area contributed by atoms with Gasteiger partial charge in [0.2, 0.25) is 5.91 Å². The molecule has 41 heavy (non-hydrogen) atoms. The summed E-state index contributed by atoms with van der Waals surface area (Å²) < 4.78 is 11.2. The van der Waals surface area contributed by atoms with Gasteiger partial charge < -0.3 is 19.5 Å². The van der Waals surface area contributed by atoms with Gasteiger partial charge in [-0.05, 0) is 65.9 Å². The maximum atomic E-state index is 13.8. The van der Waals surface area contributed by atoms with Crippen LogP contribution in [0.3, 0.4) is 0 Å². The fraction of sp³-hybridized carbons (Fsp3) is 0.344. The van der Waals surface area contributed by atoms with Gasteiger partial charge in [0, 0.05) is 26.7 Å². The number of hydrogen-bond donors (Lipinski definition) is 1. The molecular weight excluding hydrogens is 522 g/mol. The molecule has 3 aromatic carbocycles. The minimum atomic E-state index is -0.960. The molecule has 3 aromatic rings. The lowest BCUT2D eigenvalue weighted by molar-refractivity contribution is -0.133. The summed E-state index contributed by atoms with van der Waals surface area (Å²) >= 11 is 0. The summed E-state index contributed by atoms with van der Waals surface area (Å²) in [5.74, 6) is -0.764. The molecule has 5 rings (SSSR count). The lowest BCUT2D eigenvalue weighted by atomic mass is 9.98. The molecule has 0 aromatic heterocycles. The van der Waals surface area contributed by atoms with Crippen LogP contribution in [-0.2, 0) is 14.3 Å². The average Bonchev–Trinajstić information content (AvgIpc) is 2.98. The van der Waals surface area contributed by atoms with Crippen LogP contribution in [0.15, 0.2) is 60.7 Å². The second-order valence-corrected chi connectivity index (χ2v) is 10.6. The van der Waals surface area contributed by atoms with E-state index in [0.29, 0.717) is 31.2 Å². The van der Waals surface area contributed by atoms with E-state index in [1.165, 1.54) is 4.90 Å². The number of amides is 2.